The first kappa shape index (κ1) is 17.0. The van der Waals surface area contributed by atoms with Gasteiger partial charge in [-0.3, -0.25) is 0 Å². The van der Waals surface area contributed by atoms with Crippen LogP contribution in [0, 0.1) is 0 Å². The van der Waals surface area contributed by atoms with Crippen LogP contribution in [0.2, 0.25) is 0 Å². The molecule has 0 aliphatic carbocycles. The molecule has 8 heteroatoms. The molecule has 1 saturated heterocycles. The number of aryl methyl sites for hydroxylation is 1. The lowest BCUT2D eigenvalue weighted by Crippen LogP contribution is -2.48. The third kappa shape index (κ3) is 3.06. The van der Waals surface area contributed by atoms with E-state index in [1.807, 2.05) is 12.1 Å². The highest BCUT2D eigenvalue weighted by Crippen LogP contribution is 2.32. The maximum absolute atomic E-state index is 12.7. The number of hydrogen-bond acceptors (Lipinski definition) is 6. The van der Waals surface area contributed by atoms with Gasteiger partial charge in [0.1, 0.15) is 0 Å². The lowest BCUT2D eigenvalue weighted by Gasteiger charge is -2.35. The first-order chi connectivity index (χ1) is 12.6. The van der Waals surface area contributed by atoms with Crippen LogP contribution in [0.25, 0.3) is 11.6 Å². The van der Waals surface area contributed by atoms with E-state index in [0.717, 1.165) is 18.4 Å². The molecule has 0 bridgehead atoms. The van der Waals surface area contributed by atoms with Crippen molar-refractivity contribution in [3.8, 4) is 11.6 Å². The van der Waals surface area contributed by atoms with E-state index in [0.29, 0.717) is 35.5 Å². The minimum Gasteiger partial charge on any atom is -0.461 e. The molecule has 7 nitrogen and oxygen atoms in total. The second kappa shape index (κ2) is 6.69. The second-order valence-corrected chi connectivity index (χ2v) is 8.28. The molecule has 0 spiro atoms. The molecule has 1 aliphatic heterocycles. The Hall–Kier alpha value is -2.45. The van der Waals surface area contributed by atoms with Crippen LogP contribution >= 0.6 is 0 Å². The van der Waals surface area contributed by atoms with Crippen LogP contribution in [0.3, 0.4) is 0 Å². The van der Waals surface area contributed by atoms with E-state index in [1.165, 1.54) is 10.6 Å². The number of furan rings is 1. The summed E-state index contributed by atoms with van der Waals surface area (Å²) in [5.41, 5.74) is 1.14. The highest BCUT2D eigenvalue weighted by molar-refractivity contribution is 7.89. The van der Waals surface area contributed by atoms with Gasteiger partial charge in [-0.2, -0.15) is 9.29 Å². The largest absolute Gasteiger partial charge is 0.461 e. The fourth-order valence-corrected chi connectivity index (χ4v) is 4.49. The average molecular weight is 373 g/mol. The predicted octanol–water partition coefficient (Wildman–Crippen LogP) is 3.07. The number of aromatic nitrogens is 2. The minimum absolute atomic E-state index is 0.0969. The zero-order valence-corrected chi connectivity index (χ0v) is 15.1. The van der Waals surface area contributed by atoms with Crippen LogP contribution < -0.4 is 0 Å². The highest BCUT2D eigenvalue weighted by Gasteiger charge is 2.40. The Morgan fingerprint density at radius 2 is 1.96 bits per heavy atom. The quantitative estimate of drug-likeness (QED) is 0.660. The molecule has 1 fully saturated rings. The number of hydrogen-bond donors (Lipinski definition) is 0. The SMILES string of the molecule is CCCc1ccc(S(=O)(=O)N2CC(c3nc(-c4ccco4)no3)C2)cc1. The molecule has 0 radical (unpaired) electrons. The van der Waals surface area contributed by atoms with Crippen molar-refractivity contribution in [2.75, 3.05) is 13.1 Å². The first-order valence-corrected chi connectivity index (χ1v) is 9.98. The van der Waals surface area contributed by atoms with Crippen molar-refractivity contribution >= 4 is 10.0 Å². The Balaban J connectivity index is 1.43. The molecule has 26 heavy (non-hydrogen) atoms. The molecule has 1 aromatic carbocycles. The van der Waals surface area contributed by atoms with Crippen LogP contribution in [-0.4, -0.2) is 36.0 Å². The van der Waals surface area contributed by atoms with Crippen molar-refractivity contribution in [2.24, 2.45) is 0 Å². The maximum Gasteiger partial charge on any atom is 0.243 e. The summed E-state index contributed by atoms with van der Waals surface area (Å²) in [5, 5.41) is 3.89. The predicted molar refractivity (Wildman–Crippen MR) is 93.9 cm³/mol. The van der Waals surface area contributed by atoms with E-state index >= 15 is 0 Å². The summed E-state index contributed by atoms with van der Waals surface area (Å²) >= 11 is 0. The van der Waals surface area contributed by atoms with Gasteiger partial charge in [-0.25, -0.2) is 8.42 Å². The van der Waals surface area contributed by atoms with Crippen molar-refractivity contribution in [2.45, 2.75) is 30.6 Å². The third-order valence-electron chi connectivity index (χ3n) is 4.48. The normalized spacial score (nSPS) is 15.9. The van der Waals surface area contributed by atoms with Gasteiger partial charge in [-0.1, -0.05) is 30.6 Å². The molecule has 3 aromatic rings. The summed E-state index contributed by atoms with van der Waals surface area (Å²) in [6.45, 7) is 2.76. The molecule has 0 N–H and O–H groups in total. The molecule has 136 valence electrons. The van der Waals surface area contributed by atoms with Crippen LogP contribution in [0.4, 0.5) is 0 Å². The van der Waals surface area contributed by atoms with Gasteiger partial charge >= 0.3 is 0 Å². The van der Waals surface area contributed by atoms with Crippen LogP contribution in [0.5, 0.6) is 0 Å². The van der Waals surface area contributed by atoms with Crippen LogP contribution in [0.15, 0.2) is 56.5 Å². The number of rotatable bonds is 6. The lowest BCUT2D eigenvalue weighted by atomic mass is 10.0. The van der Waals surface area contributed by atoms with Gasteiger partial charge in [0.15, 0.2) is 5.76 Å². The minimum atomic E-state index is -3.49. The number of benzene rings is 1. The van der Waals surface area contributed by atoms with Gasteiger partial charge in [-0.05, 0) is 36.2 Å². The van der Waals surface area contributed by atoms with E-state index < -0.39 is 10.0 Å². The van der Waals surface area contributed by atoms with E-state index in [9.17, 15) is 8.42 Å². The second-order valence-electron chi connectivity index (χ2n) is 6.35. The van der Waals surface area contributed by atoms with Crippen LogP contribution in [0.1, 0.15) is 30.7 Å². The molecular formula is C18H19N3O4S. The van der Waals surface area contributed by atoms with Crippen LogP contribution in [-0.2, 0) is 16.4 Å². The van der Waals surface area contributed by atoms with Gasteiger partial charge in [-0.15, -0.1) is 0 Å². The Kier molecular flexibility index (Phi) is 4.37. The van der Waals surface area contributed by atoms with Crippen molar-refractivity contribution in [3.05, 3.63) is 54.1 Å². The van der Waals surface area contributed by atoms with E-state index in [4.69, 9.17) is 8.94 Å². The van der Waals surface area contributed by atoms with Crippen molar-refractivity contribution < 1.29 is 17.4 Å². The van der Waals surface area contributed by atoms with Gasteiger partial charge < -0.3 is 8.94 Å². The molecule has 1 aliphatic rings. The Labute approximate surface area is 151 Å². The fourth-order valence-electron chi connectivity index (χ4n) is 2.96. The number of nitrogens with zero attached hydrogens (tertiary/aromatic N) is 3. The van der Waals surface area contributed by atoms with E-state index in [2.05, 4.69) is 17.1 Å². The standard InChI is InChI=1S/C18H19N3O4S/c1-2-4-13-6-8-15(9-7-13)26(22,23)21-11-14(12-21)18-19-17(20-25-18)16-5-3-10-24-16/h3,5-10,14H,2,4,11-12H2,1H3. The number of sulfonamides is 1. The summed E-state index contributed by atoms with van der Waals surface area (Å²) in [6.07, 6.45) is 3.51. The topological polar surface area (TPSA) is 89.4 Å². The lowest BCUT2D eigenvalue weighted by molar-refractivity contribution is 0.217. The van der Waals surface area contributed by atoms with Crippen molar-refractivity contribution in [1.29, 1.82) is 0 Å². The smallest absolute Gasteiger partial charge is 0.243 e. The monoisotopic (exact) mass is 373 g/mol. The third-order valence-corrected chi connectivity index (χ3v) is 6.33. The maximum atomic E-state index is 12.7. The summed E-state index contributed by atoms with van der Waals surface area (Å²) < 4.78 is 37.3. The zero-order chi connectivity index (χ0) is 18.1. The molecule has 0 amide bonds. The summed E-state index contributed by atoms with van der Waals surface area (Å²) in [6, 6.07) is 10.6. The summed E-state index contributed by atoms with van der Waals surface area (Å²) in [7, 11) is -3.49. The van der Waals surface area contributed by atoms with Gasteiger partial charge in [0.2, 0.25) is 21.7 Å². The average Bonchev–Trinajstić information content (AvgIpc) is 3.25. The van der Waals surface area contributed by atoms with Gasteiger partial charge in [0, 0.05) is 13.1 Å². The fraction of sp³-hybridized carbons (Fsp3) is 0.333. The molecule has 0 saturated carbocycles. The molecule has 4 rings (SSSR count). The van der Waals surface area contributed by atoms with E-state index in [-0.39, 0.29) is 5.92 Å². The van der Waals surface area contributed by atoms with Crippen molar-refractivity contribution in [1.82, 2.24) is 14.4 Å². The zero-order valence-electron chi connectivity index (χ0n) is 14.3. The summed E-state index contributed by atoms with van der Waals surface area (Å²) in [5.74, 6) is 1.23. The summed E-state index contributed by atoms with van der Waals surface area (Å²) in [4.78, 5) is 4.62. The molecule has 0 unspecified atom stereocenters. The Morgan fingerprint density at radius 1 is 1.19 bits per heavy atom. The van der Waals surface area contributed by atoms with Gasteiger partial charge in [0.25, 0.3) is 0 Å². The van der Waals surface area contributed by atoms with Crippen molar-refractivity contribution in [3.63, 3.8) is 0 Å². The van der Waals surface area contributed by atoms with Gasteiger partial charge in [0.05, 0.1) is 17.1 Å². The molecule has 0 atom stereocenters. The molecular weight excluding hydrogens is 354 g/mol. The Bertz CT molecular complexity index is 972. The first-order valence-electron chi connectivity index (χ1n) is 8.54. The Morgan fingerprint density at radius 3 is 2.62 bits per heavy atom. The molecule has 3 heterocycles. The van der Waals surface area contributed by atoms with E-state index in [1.54, 1.807) is 24.3 Å². The molecule has 2 aromatic heterocycles. The highest BCUT2D eigenvalue weighted by atomic mass is 32.2.